The van der Waals surface area contributed by atoms with Gasteiger partial charge in [0, 0.05) is 20.6 Å². The topological polar surface area (TPSA) is 18.5 Å². The molecule has 18 heavy (non-hydrogen) atoms. The van der Waals surface area contributed by atoms with Crippen LogP contribution in [0.25, 0.3) is 0 Å². The van der Waals surface area contributed by atoms with Crippen LogP contribution in [0.5, 0.6) is 0 Å². The number of hydrogen-bond acceptors (Lipinski definition) is 2. The monoisotopic (exact) mass is 274 g/mol. The van der Waals surface area contributed by atoms with E-state index in [-0.39, 0.29) is 0 Å². The Balaban J connectivity index is 3.43. The number of rotatable bonds is 10. The average molecular weight is 275 g/mol. The van der Waals surface area contributed by atoms with Crippen LogP contribution < -0.4 is 0 Å². The predicted octanol–water partition coefficient (Wildman–Crippen LogP) is 4.71. The molecule has 0 atom stereocenters. The van der Waals surface area contributed by atoms with Crippen LogP contribution in [0.4, 0.5) is 0 Å². The molecule has 0 spiro atoms. The van der Waals surface area contributed by atoms with Crippen molar-refractivity contribution < 1.29 is 9.47 Å². The van der Waals surface area contributed by atoms with Crippen LogP contribution in [0.15, 0.2) is 0 Å². The van der Waals surface area contributed by atoms with Crippen molar-refractivity contribution in [3.8, 4) is 11.8 Å². The maximum atomic E-state index is 5.90. The maximum Gasteiger partial charge on any atom is 0.315 e. The summed E-state index contributed by atoms with van der Waals surface area (Å²) in [6.07, 6.45) is 11.3. The summed E-state index contributed by atoms with van der Waals surface area (Å²) in [5.74, 6) is 5.79. The Hall–Kier alpha value is -0.230. The molecule has 0 aliphatic heterocycles. The molecule has 0 amide bonds. The van der Waals surface area contributed by atoms with Gasteiger partial charge in [-0.05, 0) is 23.9 Å². The van der Waals surface area contributed by atoms with Gasteiger partial charge in [0.05, 0.1) is 0 Å². The highest BCUT2D eigenvalue weighted by Gasteiger charge is 2.22. The number of methoxy groups -OCH3 is 2. The van der Waals surface area contributed by atoms with E-state index < -0.39 is 5.25 Å². The zero-order valence-electron chi connectivity index (χ0n) is 12.1. The Morgan fingerprint density at radius 1 is 0.889 bits per heavy atom. The Morgan fingerprint density at radius 3 is 1.89 bits per heavy atom. The molecular weight excluding hydrogens is 248 g/mol. The number of alkyl halides is 1. The molecule has 0 fully saturated rings. The zero-order chi connectivity index (χ0) is 13.7. The molecule has 0 saturated carbocycles. The van der Waals surface area contributed by atoms with E-state index >= 15 is 0 Å². The van der Waals surface area contributed by atoms with E-state index in [4.69, 9.17) is 21.1 Å². The molecule has 0 bridgehead atoms. The fourth-order valence-corrected chi connectivity index (χ4v) is 1.77. The second-order valence-electron chi connectivity index (χ2n) is 4.47. The summed E-state index contributed by atoms with van der Waals surface area (Å²) >= 11 is 5.90. The van der Waals surface area contributed by atoms with E-state index in [0.717, 1.165) is 12.8 Å². The second-order valence-corrected chi connectivity index (χ2v) is 4.97. The molecule has 106 valence electrons. The minimum absolute atomic E-state index is 0.857. The second kappa shape index (κ2) is 11.8. The molecule has 0 N–H and O–H groups in total. The highest BCUT2D eigenvalue weighted by molar-refractivity contribution is 6.23. The molecule has 0 radical (unpaired) electrons. The first-order chi connectivity index (χ1) is 8.68. The van der Waals surface area contributed by atoms with Crippen LogP contribution in [0.2, 0.25) is 0 Å². The molecule has 0 saturated heterocycles. The Morgan fingerprint density at radius 2 is 1.39 bits per heavy atom. The summed E-state index contributed by atoms with van der Waals surface area (Å²) in [7, 11) is 2.98. The van der Waals surface area contributed by atoms with Crippen molar-refractivity contribution in [3.05, 3.63) is 0 Å². The van der Waals surface area contributed by atoms with Crippen molar-refractivity contribution in [2.75, 3.05) is 14.2 Å². The minimum Gasteiger partial charge on any atom is -0.331 e. The zero-order valence-corrected chi connectivity index (χ0v) is 12.8. The lowest BCUT2D eigenvalue weighted by molar-refractivity contribution is -0.0968. The maximum absolute atomic E-state index is 5.90. The van der Waals surface area contributed by atoms with E-state index in [1.807, 2.05) is 0 Å². The van der Waals surface area contributed by atoms with Crippen molar-refractivity contribution in [3.63, 3.8) is 0 Å². The van der Waals surface area contributed by atoms with Crippen LogP contribution in [-0.2, 0) is 9.47 Å². The quantitative estimate of drug-likeness (QED) is 0.249. The van der Waals surface area contributed by atoms with E-state index in [1.54, 1.807) is 0 Å². The van der Waals surface area contributed by atoms with E-state index in [0.29, 0.717) is 0 Å². The van der Waals surface area contributed by atoms with Crippen molar-refractivity contribution in [2.45, 2.75) is 70.0 Å². The molecule has 0 rings (SSSR count). The van der Waals surface area contributed by atoms with Crippen LogP contribution in [0, 0.1) is 11.8 Å². The van der Waals surface area contributed by atoms with Gasteiger partial charge in [0.2, 0.25) is 0 Å². The molecule has 0 unspecified atom stereocenters. The molecule has 0 aromatic rings. The third kappa shape index (κ3) is 9.76. The summed E-state index contributed by atoms with van der Waals surface area (Å²) in [6.45, 7) is 2.25. The van der Waals surface area contributed by atoms with Crippen LogP contribution in [-0.4, -0.2) is 19.5 Å². The van der Waals surface area contributed by atoms with Crippen LogP contribution >= 0.6 is 11.6 Å². The highest BCUT2D eigenvalue weighted by Crippen LogP contribution is 2.15. The first-order valence-corrected chi connectivity index (χ1v) is 7.35. The number of halogens is 1. The minimum atomic E-state index is -1.26. The summed E-state index contributed by atoms with van der Waals surface area (Å²) in [4.78, 5) is 0. The van der Waals surface area contributed by atoms with Gasteiger partial charge < -0.3 is 9.47 Å². The number of unbranched alkanes of at least 4 members (excludes halogenated alkanes) is 8. The van der Waals surface area contributed by atoms with Crippen molar-refractivity contribution in [2.24, 2.45) is 0 Å². The van der Waals surface area contributed by atoms with Gasteiger partial charge in [-0.3, -0.25) is 0 Å². The van der Waals surface area contributed by atoms with E-state index in [9.17, 15) is 0 Å². The highest BCUT2D eigenvalue weighted by atomic mass is 35.5. The molecule has 0 aliphatic carbocycles. The van der Waals surface area contributed by atoms with Gasteiger partial charge in [-0.25, -0.2) is 0 Å². The third-order valence-electron chi connectivity index (χ3n) is 2.92. The third-order valence-corrected chi connectivity index (χ3v) is 3.32. The normalized spacial score (nSPS) is 11.1. The molecule has 0 aromatic carbocycles. The first kappa shape index (κ1) is 17.8. The van der Waals surface area contributed by atoms with Gasteiger partial charge in [0.15, 0.2) is 0 Å². The molecule has 3 heteroatoms. The molecule has 0 heterocycles. The lowest BCUT2D eigenvalue weighted by atomic mass is 10.1. The molecule has 0 aromatic heterocycles. The van der Waals surface area contributed by atoms with Crippen LogP contribution in [0.1, 0.15) is 64.7 Å². The van der Waals surface area contributed by atoms with Gasteiger partial charge in [-0.1, -0.05) is 57.8 Å². The number of ether oxygens (including phenoxy) is 2. The van der Waals surface area contributed by atoms with Crippen molar-refractivity contribution in [1.82, 2.24) is 0 Å². The summed E-state index contributed by atoms with van der Waals surface area (Å²) in [5, 5.41) is -1.26. The standard InChI is InChI=1S/C15H27ClO2/c1-4-5-6-7-8-9-10-11-12-13-14-15(16,17-2)18-3/h4-12H2,1-3H3. The van der Waals surface area contributed by atoms with Gasteiger partial charge in [0.25, 0.3) is 0 Å². The molecule has 2 nitrogen and oxygen atoms in total. The lowest BCUT2D eigenvalue weighted by Gasteiger charge is -2.15. The largest absolute Gasteiger partial charge is 0.331 e. The van der Waals surface area contributed by atoms with Gasteiger partial charge in [0.1, 0.15) is 0 Å². The van der Waals surface area contributed by atoms with Gasteiger partial charge >= 0.3 is 5.25 Å². The fourth-order valence-electron chi connectivity index (χ4n) is 1.70. The fraction of sp³-hybridized carbons (Fsp3) is 0.867. The van der Waals surface area contributed by atoms with Crippen molar-refractivity contribution >= 4 is 11.6 Å². The smallest absolute Gasteiger partial charge is 0.315 e. The summed E-state index contributed by atoms with van der Waals surface area (Å²) in [6, 6.07) is 0. The van der Waals surface area contributed by atoms with Gasteiger partial charge in [-0.2, -0.15) is 0 Å². The first-order valence-electron chi connectivity index (χ1n) is 6.97. The molecule has 0 aliphatic rings. The number of hydrogen-bond donors (Lipinski definition) is 0. The van der Waals surface area contributed by atoms with Crippen molar-refractivity contribution in [1.29, 1.82) is 0 Å². The molecular formula is C15H27ClO2. The summed E-state index contributed by atoms with van der Waals surface area (Å²) < 4.78 is 9.88. The lowest BCUT2D eigenvalue weighted by Crippen LogP contribution is -2.23. The predicted molar refractivity (Wildman–Crippen MR) is 77.6 cm³/mol. The summed E-state index contributed by atoms with van der Waals surface area (Å²) in [5.41, 5.74) is 0. The van der Waals surface area contributed by atoms with E-state index in [2.05, 4.69) is 18.8 Å². The van der Waals surface area contributed by atoms with Crippen LogP contribution in [0.3, 0.4) is 0 Å². The Kier molecular flexibility index (Phi) is 11.7. The Labute approximate surface area is 117 Å². The Bertz CT molecular complexity index is 239. The van der Waals surface area contributed by atoms with E-state index in [1.165, 1.54) is 59.2 Å². The average Bonchev–Trinajstić information content (AvgIpc) is 2.40. The van der Waals surface area contributed by atoms with Gasteiger partial charge in [-0.15, -0.1) is 0 Å². The SMILES string of the molecule is CCCCCCCCCCC#CC(Cl)(OC)OC.